The topological polar surface area (TPSA) is 67.4 Å². The Kier molecular flexibility index (Phi) is 7.25. The molecule has 0 bridgehead atoms. The normalized spacial score (nSPS) is 9.92. The van der Waals surface area contributed by atoms with Crippen molar-refractivity contribution in [2.24, 2.45) is 0 Å². The molecule has 0 radical (unpaired) electrons. The van der Waals surface area contributed by atoms with Crippen LogP contribution in [0.15, 0.2) is 67.3 Å². The van der Waals surface area contributed by atoms with Gasteiger partial charge in [-0.05, 0) is 29.8 Å². The number of para-hydroxylation sites is 1. The van der Waals surface area contributed by atoms with Crippen LogP contribution in [0.1, 0.15) is 22.3 Å². The van der Waals surface area contributed by atoms with Crippen LogP contribution >= 0.6 is 0 Å². The number of carbonyl (C=O) groups is 2. The lowest BCUT2D eigenvalue weighted by Gasteiger charge is -2.08. The Morgan fingerprint density at radius 2 is 1.72 bits per heavy atom. The zero-order valence-electron chi connectivity index (χ0n) is 14.0. The van der Waals surface area contributed by atoms with Crippen LogP contribution < -0.4 is 15.4 Å². The van der Waals surface area contributed by atoms with Gasteiger partial charge >= 0.3 is 0 Å². The van der Waals surface area contributed by atoms with Gasteiger partial charge in [0.25, 0.3) is 5.91 Å². The standard InChI is InChI=1S/C20H22N2O3/c1-2-13-21-20(24)17-10-8-16(9-11-17)15-22-19(23)12-14-25-18-6-4-3-5-7-18/h2-11H,1,12-15H2,(H,21,24)(H,22,23). The highest BCUT2D eigenvalue weighted by molar-refractivity contribution is 5.94. The molecule has 5 nitrogen and oxygen atoms in total. The van der Waals surface area contributed by atoms with Crippen LogP contribution in [0.25, 0.3) is 0 Å². The molecule has 0 spiro atoms. The fourth-order valence-corrected chi connectivity index (χ4v) is 2.11. The minimum atomic E-state index is -0.145. The molecule has 0 heterocycles. The average Bonchev–Trinajstić information content (AvgIpc) is 2.65. The van der Waals surface area contributed by atoms with E-state index in [2.05, 4.69) is 17.2 Å². The van der Waals surface area contributed by atoms with Crippen molar-refractivity contribution in [2.45, 2.75) is 13.0 Å². The number of amides is 2. The van der Waals surface area contributed by atoms with Gasteiger partial charge in [-0.1, -0.05) is 36.4 Å². The predicted molar refractivity (Wildman–Crippen MR) is 97.4 cm³/mol. The quantitative estimate of drug-likeness (QED) is 0.691. The van der Waals surface area contributed by atoms with Crippen molar-refractivity contribution in [3.63, 3.8) is 0 Å². The minimum Gasteiger partial charge on any atom is -0.493 e. The second-order valence-electron chi connectivity index (χ2n) is 5.38. The highest BCUT2D eigenvalue weighted by Crippen LogP contribution is 2.08. The molecule has 0 atom stereocenters. The predicted octanol–water partition coefficient (Wildman–Crippen LogP) is 2.69. The summed E-state index contributed by atoms with van der Waals surface area (Å²) < 4.78 is 5.49. The molecule has 2 N–H and O–H groups in total. The van der Waals surface area contributed by atoms with Crippen molar-refractivity contribution in [1.29, 1.82) is 0 Å². The van der Waals surface area contributed by atoms with Crippen molar-refractivity contribution < 1.29 is 14.3 Å². The number of nitrogens with one attached hydrogen (secondary N) is 2. The summed E-state index contributed by atoms with van der Waals surface area (Å²) in [6.45, 7) is 4.74. The van der Waals surface area contributed by atoms with Gasteiger partial charge in [0.2, 0.25) is 5.91 Å². The molecule has 0 aromatic heterocycles. The molecule has 5 heteroatoms. The van der Waals surface area contributed by atoms with Crippen LogP contribution in [0, 0.1) is 0 Å². The second-order valence-corrected chi connectivity index (χ2v) is 5.38. The van der Waals surface area contributed by atoms with E-state index >= 15 is 0 Å². The van der Waals surface area contributed by atoms with Crippen LogP contribution in [0.2, 0.25) is 0 Å². The number of rotatable bonds is 9. The summed E-state index contributed by atoms with van der Waals surface area (Å²) in [7, 11) is 0. The smallest absolute Gasteiger partial charge is 0.251 e. The molecule has 0 fully saturated rings. The number of ether oxygens (including phenoxy) is 1. The molecule has 0 saturated heterocycles. The molecule has 0 saturated carbocycles. The van der Waals surface area contributed by atoms with Gasteiger partial charge in [-0.2, -0.15) is 0 Å². The lowest BCUT2D eigenvalue weighted by atomic mass is 10.1. The van der Waals surface area contributed by atoms with Gasteiger partial charge in [0.1, 0.15) is 5.75 Å². The van der Waals surface area contributed by atoms with Gasteiger partial charge in [0.05, 0.1) is 13.0 Å². The monoisotopic (exact) mass is 338 g/mol. The Morgan fingerprint density at radius 1 is 1.00 bits per heavy atom. The Hall–Kier alpha value is -3.08. The van der Waals surface area contributed by atoms with Crippen LogP contribution in [0.4, 0.5) is 0 Å². The Bertz CT molecular complexity index is 697. The van der Waals surface area contributed by atoms with Gasteiger partial charge in [-0.25, -0.2) is 0 Å². The van der Waals surface area contributed by atoms with E-state index in [-0.39, 0.29) is 18.2 Å². The molecular formula is C20H22N2O3. The molecule has 25 heavy (non-hydrogen) atoms. The zero-order valence-corrected chi connectivity index (χ0v) is 14.0. The van der Waals surface area contributed by atoms with Crippen molar-refractivity contribution >= 4 is 11.8 Å². The minimum absolute atomic E-state index is 0.0799. The SMILES string of the molecule is C=CCNC(=O)c1ccc(CNC(=O)CCOc2ccccc2)cc1. The third-order valence-electron chi connectivity index (χ3n) is 3.45. The van der Waals surface area contributed by atoms with Crippen LogP contribution in [-0.2, 0) is 11.3 Å². The average molecular weight is 338 g/mol. The maximum Gasteiger partial charge on any atom is 0.251 e. The summed E-state index contributed by atoms with van der Waals surface area (Å²) in [6, 6.07) is 16.5. The van der Waals surface area contributed by atoms with E-state index < -0.39 is 0 Å². The largest absolute Gasteiger partial charge is 0.493 e. The van der Waals surface area contributed by atoms with Crippen LogP contribution in [0.3, 0.4) is 0 Å². The molecule has 2 rings (SSSR count). The van der Waals surface area contributed by atoms with Gasteiger partial charge in [0, 0.05) is 18.7 Å². The summed E-state index contributed by atoms with van der Waals surface area (Å²) in [5.41, 5.74) is 1.51. The zero-order chi connectivity index (χ0) is 17.9. The molecule has 0 unspecified atom stereocenters. The first kappa shape index (κ1) is 18.3. The maximum absolute atomic E-state index is 11.8. The summed E-state index contributed by atoms with van der Waals surface area (Å²) >= 11 is 0. The lowest BCUT2D eigenvalue weighted by molar-refractivity contribution is -0.121. The fourth-order valence-electron chi connectivity index (χ4n) is 2.11. The highest BCUT2D eigenvalue weighted by Gasteiger charge is 2.05. The first-order valence-corrected chi connectivity index (χ1v) is 8.11. The summed E-state index contributed by atoms with van der Waals surface area (Å²) in [5.74, 6) is 0.526. The van der Waals surface area contributed by atoms with E-state index in [0.29, 0.717) is 25.3 Å². The highest BCUT2D eigenvalue weighted by atomic mass is 16.5. The van der Waals surface area contributed by atoms with Crippen molar-refractivity contribution in [3.05, 3.63) is 78.4 Å². The van der Waals surface area contributed by atoms with Crippen LogP contribution in [0.5, 0.6) is 5.75 Å². The molecule has 0 aliphatic carbocycles. The third-order valence-corrected chi connectivity index (χ3v) is 3.45. The van der Waals surface area contributed by atoms with Gasteiger partial charge < -0.3 is 15.4 Å². The first-order valence-electron chi connectivity index (χ1n) is 8.11. The summed E-state index contributed by atoms with van der Waals surface area (Å²) in [6.07, 6.45) is 1.92. The van der Waals surface area contributed by atoms with Gasteiger partial charge in [-0.3, -0.25) is 9.59 Å². The molecule has 2 amide bonds. The molecule has 0 aliphatic heterocycles. The van der Waals surface area contributed by atoms with E-state index in [0.717, 1.165) is 11.3 Å². The lowest BCUT2D eigenvalue weighted by Crippen LogP contribution is -2.25. The number of benzene rings is 2. The van der Waals surface area contributed by atoms with E-state index in [1.165, 1.54) is 0 Å². The van der Waals surface area contributed by atoms with Gasteiger partial charge in [-0.15, -0.1) is 6.58 Å². The van der Waals surface area contributed by atoms with Gasteiger partial charge in [0.15, 0.2) is 0 Å². The Morgan fingerprint density at radius 3 is 2.40 bits per heavy atom. The van der Waals surface area contributed by atoms with Crippen molar-refractivity contribution in [2.75, 3.05) is 13.2 Å². The maximum atomic E-state index is 11.8. The molecule has 2 aromatic carbocycles. The first-order chi connectivity index (χ1) is 12.2. The number of carbonyl (C=O) groups excluding carboxylic acids is 2. The fraction of sp³-hybridized carbons (Fsp3) is 0.200. The summed E-state index contributed by atoms with van der Waals surface area (Å²) in [4.78, 5) is 23.6. The van der Waals surface area contributed by atoms with E-state index in [1.54, 1.807) is 18.2 Å². The van der Waals surface area contributed by atoms with Crippen molar-refractivity contribution in [1.82, 2.24) is 10.6 Å². The molecule has 130 valence electrons. The number of hydrogen-bond donors (Lipinski definition) is 2. The Balaban J connectivity index is 1.70. The van der Waals surface area contributed by atoms with E-state index in [1.807, 2.05) is 42.5 Å². The molecule has 0 aliphatic rings. The van der Waals surface area contributed by atoms with Crippen LogP contribution in [-0.4, -0.2) is 25.0 Å². The van der Waals surface area contributed by atoms with E-state index in [9.17, 15) is 9.59 Å². The second kappa shape index (κ2) is 9.93. The van der Waals surface area contributed by atoms with E-state index in [4.69, 9.17) is 4.74 Å². The molecule has 2 aromatic rings. The summed E-state index contributed by atoms with van der Waals surface area (Å²) in [5, 5.41) is 5.55. The molecular weight excluding hydrogens is 316 g/mol. The number of hydrogen-bond acceptors (Lipinski definition) is 3. The third kappa shape index (κ3) is 6.51. The van der Waals surface area contributed by atoms with Crippen molar-refractivity contribution in [3.8, 4) is 5.75 Å². The Labute approximate surface area is 147 Å².